The Bertz CT molecular complexity index is 490. The minimum Gasteiger partial charge on any atom is -0.383 e. The lowest BCUT2D eigenvalue weighted by atomic mass is 10.2. The summed E-state index contributed by atoms with van der Waals surface area (Å²) in [5.74, 6) is 1.02. The number of fused-ring (bicyclic) bond motifs is 1. The zero-order valence-corrected chi connectivity index (χ0v) is 9.73. The molecule has 0 radical (unpaired) electrons. The normalized spacial score (nSPS) is 11.2. The first-order valence-corrected chi connectivity index (χ1v) is 5.41. The molecule has 0 aliphatic heterocycles. The van der Waals surface area contributed by atoms with Crippen LogP contribution in [0.4, 0.5) is 0 Å². The molecule has 2 aromatic rings. The molecule has 1 heterocycles. The quantitative estimate of drug-likeness (QED) is 0.846. The van der Waals surface area contributed by atoms with E-state index in [1.165, 1.54) is 0 Å². The molecule has 2 N–H and O–H groups in total. The number of nitrogens with zero attached hydrogens (tertiary/aromatic N) is 2. The maximum Gasteiger partial charge on any atom is 0.106 e. The number of hydrogen-bond acceptors (Lipinski definition) is 3. The van der Waals surface area contributed by atoms with Gasteiger partial charge in [-0.1, -0.05) is 6.07 Å². The van der Waals surface area contributed by atoms with Gasteiger partial charge in [-0.25, -0.2) is 4.98 Å². The van der Waals surface area contributed by atoms with Gasteiger partial charge in [0.1, 0.15) is 5.82 Å². The Labute approximate surface area is 95.0 Å². The van der Waals surface area contributed by atoms with Gasteiger partial charge in [-0.05, 0) is 24.6 Å². The van der Waals surface area contributed by atoms with Gasteiger partial charge in [0.25, 0.3) is 0 Å². The van der Waals surface area contributed by atoms with Gasteiger partial charge in [0.05, 0.1) is 17.6 Å². The minimum absolute atomic E-state index is 0.555. The predicted molar refractivity (Wildman–Crippen MR) is 64.2 cm³/mol. The first-order chi connectivity index (χ1) is 7.76. The lowest BCUT2D eigenvalue weighted by molar-refractivity contribution is 0.187. The highest BCUT2D eigenvalue weighted by atomic mass is 16.5. The van der Waals surface area contributed by atoms with Crippen LogP contribution in [-0.2, 0) is 17.8 Å². The van der Waals surface area contributed by atoms with Crippen LogP contribution < -0.4 is 5.73 Å². The van der Waals surface area contributed by atoms with Crippen molar-refractivity contribution in [2.24, 2.45) is 5.73 Å². The molecule has 0 spiro atoms. The third kappa shape index (κ3) is 1.94. The Morgan fingerprint density at radius 3 is 2.94 bits per heavy atom. The molecule has 0 amide bonds. The number of ether oxygens (including phenoxy) is 1. The molecule has 0 aliphatic rings. The number of hydrogen-bond donors (Lipinski definition) is 1. The Morgan fingerprint density at radius 2 is 2.25 bits per heavy atom. The third-order valence-corrected chi connectivity index (χ3v) is 2.76. The number of rotatable bonds is 4. The summed E-state index contributed by atoms with van der Waals surface area (Å²) in [6.45, 7) is 4.10. The second-order valence-electron chi connectivity index (χ2n) is 3.83. The third-order valence-electron chi connectivity index (χ3n) is 2.76. The molecule has 0 bridgehead atoms. The number of benzene rings is 1. The molecule has 2 rings (SSSR count). The van der Waals surface area contributed by atoms with Crippen LogP contribution in [0.25, 0.3) is 11.0 Å². The highest BCUT2D eigenvalue weighted by Gasteiger charge is 2.07. The summed E-state index contributed by atoms with van der Waals surface area (Å²) >= 11 is 0. The van der Waals surface area contributed by atoms with Crippen LogP contribution in [-0.4, -0.2) is 23.3 Å². The van der Waals surface area contributed by atoms with Gasteiger partial charge in [0, 0.05) is 20.2 Å². The molecule has 1 aromatic carbocycles. The summed E-state index contributed by atoms with van der Waals surface area (Å²) in [4.78, 5) is 4.53. The van der Waals surface area contributed by atoms with Gasteiger partial charge in [0.2, 0.25) is 0 Å². The summed E-state index contributed by atoms with van der Waals surface area (Å²) in [7, 11) is 1.71. The summed E-state index contributed by atoms with van der Waals surface area (Å²) in [5.41, 5.74) is 8.88. The topological polar surface area (TPSA) is 53.1 Å². The smallest absolute Gasteiger partial charge is 0.106 e. The van der Waals surface area contributed by atoms with Gasteiger partial charge in [0.15, 0.2) is 0 Å². The van der Waals surface area contributed by atoms with Crippen LogP contribution in [0.1, 0.15) is 11.4 Å². The lowest BCUT2D eigenvalue weighted by Gasteiger charge is -2.05. The molecule has 0 aliphatic carbocycles. The van der Waals surface area contributed by atoms with Crippen LogP contribution in [0.5, 0.6) is 0 Å². The average molecular weight is 219 g/mol. The second kappa shape index (κ2) is 4.63. The van der Waals surface area contributed by atoms with E-state index in [1.54, 1.807) is 7.11 Å². The zero-order chi connectivity index (χ0) is 11.5. The van der Waals surface area contributed by atoms with E-state index in [0.29, 0.717) is 13.2 Å². The Balaban J connectivity index is 2.45. The number of nitrogens with two attached hydrogens (primary N) is 1. The molecular formula is C12H17N3O. The van der Waals surface area contributed by atoms with E-state index >= 15 is 0 Å². The monoisotopic (exact) mass is 219 g/mol. The summed E-state index contributed by atoms with van der Waals surface area (Å²) in [6, 6.07) is 6.17. The first-order valence-electron chi connectivity index (χ1n) is 5.41. The first kappa shape index (κ1) is 11.1. The average Bonchev–Trinajstić information content (AvgIpc) is 2.61. The van der Waals surface area contributed by atoms with Gasteiger partial charge in [-0.3, -0.25) is 0 Å². The fourth-order valence-electron chi connectivity index (χ4n) is 1.89. The van der Waals surface area contributed by atoms with Crippen molar-refractivity contribution in [3.05, 3.63) is 29.6 Å². The van der Waals surface area contributed by atoms with Gasteiger partial charge in [-0.2, -0.15) is 0 Å². The van der Waals surface area contributed by atoms with Crippen LogP contribution in [0.2, 0.25) is 0 Å². The van der Waals surface area contributed by atoms with E-state index in [0.717, 1.165) is 29.0 Å². The molecule has 16 heavy (non-hydrogen) atoms. The SMILES string of the molecule is COCCn1c(C)nc2cc(CN)ccc21. The van der Waals surface area contributed by atoms with Crippen molar-refractivity contribution < 1.29 is 4.74 Å². The Hall–Kier alpha value is -1.39. The van der Waals surface area contributed by atoms with E-state index in [4.69, 9.17) is 10.5 Å². The van der Waals surface area contributed by atoms with Gasteiger partial charge in [-0.15, -0.1) is 0 Å². The van der Waals surface area contributed by atoms with E-state index in [9.17, 15) is 0 Å². The maximum atomic E-state index is 5.61. The van der Waals surface area contributed by atoms with Crippen molar-refractivity contribution in [1.29, 1.82) is 0 Å². The summed E-state index contributed by atoms with van der Waals surface area (Å²) in [6.07, 6.45) is 0. The molecule has 0 saturated heterocycles. The maximum absolute atomic E-state index is 5.61. The second-order valence-corrected chi connectivity index (χ2v) is 3.83. The molecule has 0 atom stereocenters. The summed E-state index contributed by atoms with van der Waals surface area (Å²) < 4.78 is 7.26. The van der Waals surface area contributed by atoms with Crippen LogP contribution in [0.3, 0.4) is 0 Å². The lowest BCUT2D eigenvalue weighted by Crippen LogP contribution is -2.05. The minimum atomic E-state index is 0.555. The van der Waals surface area contributed by atoms with Gasteiger partial charge < -0.3 is 15.0 Å². The van der Waals surface area contributed by atoms with E-state index < -0.39 is 0 Å². The molecular weight excluding hydrogens is 202 g/mol. The standard InChI is InChI=1S/C12H17N3O/c1-9-14-11-7-10(8-13)3-4-12(11)15(9)5-6-16-2/h3-4,7H,5-6,8,13H2,1-2H3. The highest BCUT2D eigenvalue weighted by molar-refractivity contribution is 5.76. The van der Waals surface area contributed by atoms with Crippen LogP contribution in [0.15, 0.2) is 18.2 Å². The van der Waals surface area contributed by atoms with Crippen molar-refractivity contribution >= 4 is 11.0 Å². The zero-order valence-electron chi connectivity index (χ0n) is 9.73. The number of aromatic nitrogens is 2. The van der Waals surface area contributed by atoms with Crippen molar-refractivity contribution in [3.8, 4) is 0 Å². The van der Waals surface area contributed by atoms with Crippen LogP contribution >= 0.6 is 0 Å². The molecule has 4 nitrogen and oxygen atoms in total. The van der Waals surface area contributed by atoms with E-state index in [1.807, 2.05) is 19.1 Å². The highest BCUT2D eigenvalue weighted by Crippen LogP contribution is 2.17. The molecule has 86 valence electrons. The molecule has 1 aromatic heterocycles. The fraction of sp³-hybridized carbons (Fsp3) is 0.417. The fourth-order valence-corrected chi connectivity index (χ4v) is 1.89. The molecule has 0 saturated carbocycles. The number of methoxy groups -OCH3 is 1. The van der Waals surface area contributed by atoms with Crippen LogP contribution in [0, 0.1) is 6.92 Å². The molecule has 0 unspecified atom stereocenters. The Morgan fingerprint density at radius 1 is 1.44 bits per heavy atom. The predicted octanol–water partition coefficient (Wildman–Crippen LogP) is 1.45. The van der Waals surface area contributed by atoms with Crippen molar-refractivity contribution in [2.75, 3.05) is 13.7 Å². The molecule has 4 heteroatoms. The van der Waals surface area contributed by atoms with E-state index in [2.05, 4.69) is 15.6 Å². The largest absolute Gasteiger partial charge is 0.383 e. The summed E-state index contributed by atoms with van der Waals surface area (Å²) in [5, 5.41) is 0. The number of aryl methyl sites for hydroxylation is 1. The Kier molecular flexibility index (Phi) is 3.22. The van der Waals surface area contributed by atoms with Crippen molar-refractivity contribution in [2.45, 2.75) is 20.0 Å². The molecule has 0 fully saturated rings. The van der Waals surface area contributed by atoms with Gasteiger partial charge >= 0.3 is 0 Å². The van der Waals surface area contributed by atoms with Crippen molar-refractivity contribution in [3.63, 3.8) is 0 Å². The number of imidazole rings is 1. The van der Waals surface area contributed by atoms with E-state index in [-0.39, 0.29) is 0 Å². The van der Waals surface area contributed by atoms with Crippen molar-refractivity contribution in [1.82, 2.24) is 9.55 Å².